The van der Waals surface area contributed by atoms with E-state index in [1.807, 2.05) is 25.7 Å². The van der Waals surface area contributed by atoms with Gasteiger partial charge in [0, 0.05) is 19.1 Å². The standard InChI is InChI=1S/C13H27N3O2/c1-13(2,3)11(17)5-9-4-10(14)7-16(6-9)8-12(15)18/h9-11,17H,4-8,14H2,1-3H3,(H2,15,18). The van der Waals surface area contributed by atoms with Crippen LogP contribution in [0.1, 0.15) is 33.6 Å². The van der Waals surface area contributed by atoms with Gasteiger partial charge in [0.2, 0.25) is 5.91 Å². The molecular weight excluding hydrogens is 230 g/mol. The molecule has 1 aliphatic rings. The Morgan fingerprint density at radius 2 is 2.06 bits per heavy atom. The Labute approximate surface area is 110 Å². The van der Waals surface area contributed by atoms with Crippen molar-refractivity contribution in [2.24, 2.45) is 22.8 Å². The molecule has 1 saturated heterocycles. The number of hydrogen-bond acceptors (Lipinski definition) is 4. The molecule has 1 heterocycles. The second-order valence-corrected chi connectivity index (χ2v) is 6.64. The van der Waals surface area contributed by atoms with Gasteiger partial charge in [0.25, 0.3) is 0 Å². The molecule has 0 aromatic rings. The van der Waals surface area contributed by atoms with E-state index in [1.165, 1.54) is 0 Å². The van der Waals surface area contributed by atoms with E-state index >= 15 is 0 Å². The molecule has 3 unspecified atom stereocenters. The van der Waals surface area contributed by atoms with E-state index in [4.69, 9.17) is 11.5 Å². The Morgan fingerprint density at radius 1 is 1.44 bits per heavy atom. The summed E-state index contributed by atoms with van der Waals surface area (Å²) in [6.07, 6.45) is 1.29. The molecule has 0 radical (unpaired) electrons. The van der Waals surface area contributed by atoms with Gasteiger partial charge < -0.3 is 16.6 Å². The Morgan fingerprint density at radius 3 is 2.56 bits per heavy atom. The third-order valence-corrected chi connectivity index (χ3v) is 3.58. The van der Waals surface area contributed by atoms with Gasteiger partial charge in [-0.05, 0) is 24.2 Å². The van der Waals surface area contributed by atoms with Crippen molar-refractivity contribution < 1.29 is 9.90 Å². The zero-order valence-electron chi connectivity index (χ0n) is 11.7. The number of hydrogen-bond donors (Lipinski definition) is 3. The molecule has 5 heteroatoms. The minimum atomic E-state index is -0.344. The lowest BCUT2D eigenvalue weighted by molar-refractivity contribution is -0.119. The van der Waals surface area contributed by atoms with E-state index in [-0.39, 0.29) is 30.0 Å². The maximum absolute atomic E-state index is 11.0. The maximum Gasteiger partial charge on any atom is 0.231 e. The van der Waals surface area contributed by atoms with Crippen molar-refractivity contribution in [1.29, 1.82) is 0 Å². The van der Waals surface area contributed by atoms with Crippen molar-refractivity contribution in [2.75, 3.05) is 19.6 Å². The van der Waals surface area contributed by atoms with Crippen LogP contribution in [0.3, 0.4) is 0 Å². The molecule has 18 heavy (non-hydrogen) atoms. The van der Waals surface area contributed by atoms with Crippen molar-refractivity contribution in [3.63, 3.8) is 0 Å². The number of carbonyl (C=O) groups excluding carboxylic acids is 1. The first kappa shape index (κ1) is 15.4. The highest BCUT2D eigenvalue weighted by molar-refractivity contribution is 5.75. The SMILES string of the molecule is CC(C)(C)C(O)CC1CC(N)CN(CC(N)=O)C1. The monoisotopic (exact) mass is 257 g/mol. The number of carbonyl (C=O) groups is 1. The molecule has 0 aromatic heterocycles. The highest BCUT2D eigenvalue weighted by atomic mass is 16.3. The summed E-state index contributed by atoms with van der Waals surface area (Å²) in [5.74, 6) is 0.0153. The van der Waals surface area contributed by atoms with Crippen LogP contribution in [-0.4, -0.2) is 47.7 Å². The summed E-state index contributed by atoms with van der Waals surface area (Å²) in [7, 11) is 0. The first-order chi connectivity index (χ1) is 8.18. The zero-order chi connectivity index (χ0) is 13.9. The number of likely N-dealkylation sites (tertiary alicyclic amines) is 1. The van der Waals surface area contributed by atoms with Gasteiger partial charge in [0.1, 0.15) is 0 Å². The summed E-state index contributed by atoms with van der Waals surface area (Å²) in [4.78, 5) is 12.9. The first-order valence-electron chi connectivity index (χ1n) is 6.62. The molecular formula is C13H27N3O2. The lowest BCUT2D eigenvalue weighted by atomic mass is 9.80. The molecule has 5 nitrogen and oxygen atoms in total. The maximum atomic E-state index is 11.0. The number of amides is 1. The Hall–Kier alpha value is -0.650. The van der Waals surface area contributed by atoms with Crippen molar-refractivity contribution in [2.45, 2.75) is 45.8 Å². The number of nitrogens with two attached hydrogens (primary N) is 2. The fraction of sp³-hybridized carbons (Fsp3) is 0.923. The van der Waals surface area contributed by atoms with Gasteiger partial charge in [0.15, 0.2) is 0 Å². The summed E-state index contributed by atoms with van der Waals surface area (Å²) in [6, 6.07) is 0.0651. The summed E-state index contributed by atoms with van der Waals surface area (Å²) in [5.41, 5.74) is 11.1. The van der Waals surface area contributed by atoms with E-state index < -0.39 is 0 Å². The smallest absolute Gasteiger partial charge is 0.231 e. The molecule has 0 aromatic carbocycles. The number of rotatable bonds is 4. The second-order valence-electron chi connectivity index (χ2n) is 6.64. The fourth-order valence-electron chi connectivity index (χ4n) is 2.54. The molecule has 1 amide bonds. The summed E-state index contributed by atoms with van der Waals surface area (Å²) in [6.45, 7) is 7.86. The Kier molecular flexibility index (Phi) is 5.13. The largest absolute Gasteiger partial charge is 0.393 e. The fourth-order valence-corrected chi connectivity index (χ4v) is 2.54. The number of nitrogens with zero attached hydrogens (tertiary/aromatic N) is 1. The number of aliphatic hydroxyl groups excluding tert-OH is 1. The second kappa shape index (κ2) is 5.99. The average Bonchev–Trinajstić information content (AvgIpc) is 2.13. The molecule has 5 N–H and O–H groups in total. The summed E-state index contributed by atoms with van der Waals surface area (Å²) in [5, 5.41) is 10.1. The highest BCUT2D eigenvalue weighted by Gasteiger charge is 2.31. The molecule has 0 saturated carbocycles. The molecule has 1 fully saturated rings. The normalized spacial score (nSPS) is 28.1. The van der Waals surface area contributed by atoms with Crippen molar-refractivity contribution in [3.05, 3.63) is 0 Å². The van der Waals surface area contributed by atoms with Crippen LogP contribution in [0.5, 0.6) is 0 Å². The average molecular weight is 257 g/mol. The van der Waals surface area contributed by atoms with Gasteiger partial charge in [-0.3, -0.25) is 9.69 Å². The van der Waals surface area contributed by atoms with Crippen LogP contribution in [0.15, 0.2) is 0 Å². The van der Waals surface area contributed by atoms with Gasteiger partial charge >= 0.3 is 0 Å². The van der Waals surface area contributed by atoms with Gasteiger partial charge in [-0.2, -0.15) is 0 Å². The molecule has 1 rings (SSSR count). The zero-order valence-corrected chi connectivity index (χ0v) is 11.7. The quantitative estimate of drug-likeness (QED) is 0.656. The third-order valence-electron chi connectivity index (χ3n) is 3.58. The first-order valence-corrected chi connectivity index (χ1v) is 6.62. The van der Waals surface area contributed by atoms with E-state index in [0.29, 0.717) is 12.5 Å². The highest BCUT2D eigenvalue weighted by Crippen LogP contribution is 2.28. The number of primary amides is 1. The lowest BCUT2D eigenvalue weighted by Gasteiger charge is -2.38. The number of piperidine rings is 1. The van der Waals surface area contributed by atoms with Gasteiger partial charge in [-0.1, -0.05) is 20.8 Å². The minimum absolute atomic E-state index is 0.0651. The number of aliphatic hydroxyl groups is 1. The Bertz CT molecular complexity index is 288. The van der Waals surface area contributed by atoms with Crippen molar-refractivity contribution >= 4 is 5.91 Å². The van der Waals surface area contributed by atoms with Crippen LogP contribution >= 0.6 is 0 Å². The van der Waals surface area contributed by atoms with E-state index in [0.717, 1.165) is 19.4 Å². The van der Waals surface area contributed by atoms with Crippen LogP contribution in [0.4, 0.5) is 0 Å². The van der Waals surface area contributed by atoms with Crippen LogP contribution in [0.25, 0.3) is 0 Å². The topological polar surface area (TPSA) is 92.6 Å². The van der Waals surface area contributed by atoms with Crippen molar-refractivity contribution in [1.82, 2.24) is 4.90 Å². The molecule has 0 bridgehead atoms. The predicted molar refractivity (Wildman–Crippen MR) is 71.8 cm³/mol. The molecule has 0 spiro atoms. The van der Waals surface area contributed by atoms with Crippen LogP contribution in [0, 0.1) is 11.3 Å². The van der Waals surface area contributed by atoms with Crippen LogP contribution in [-0.2, 0) is 4.79 Å². The minimum Gasteiger partial charge on any atom is -0.393 e. The molecule has 3 atom stereocenters. The van der Waals surface area contributed by atoms with Crippen molar-refractivity contribution in [3.8, 4) is 0 Å². The van der Waals surface area contributed by atoms with E-state index in [9.17, 15) is 9.90 Å². The van der Waals surface area contributed by atoms with Gasteiger partial charge in [-0.25, -0.2) is 0 Å². The van der Waals surface area contributed by atoms with Crippen LogP contribution in [0.2, 0.25) is 0 Å². The summed E-state index contributed by atoms with van der Waals surface area (Å²) < 4.78 is 0. The molecule has 1 aliphatic heterocycles. The van der Waals surface area contributed by atoms with Gasteiger partial charge in [0.05, 0.1) is 12.6 Å². The lowest BCUT2D eigenvalue weighted by Crippen LogP contribution is -2.50. The van der Waals surface area contributed by atoms with E-state index in [1.54, 1.807) is 0 Å². The Balaban J connectivity index is 2.53. The third kappa shape index (κ3) is 4.92. The molecule has 0 aliphatic carbocycles. The summed E-state index contributed by atoms with van der Waals surface area (Å²) >= 11 is 0. The predicted octanol–water partition coefficient (Wildman–Crippen LogP) is -0.0820. The molecule has 106 valence electrons. The van der Waals surface area contributed by atoms with Gasteiger partial charge in [-0.15, -0.1) is 0 Å². The van der Waals surface area contributed by atoms with Crippen LogP contribution < -0.4 is 11.5 Å². The van der Waals surface area contributed by atoms with E-state index in [2.05, 4.69) is 0 Å².